The number of aryl methyl sites for hydroxylation is 2. The molecule has 0 saturated carbocycles. The zero-order valence-corrected chi connectivity index (χ0v) is 37.0. The molecule has 4 aliphatic rings. The summed E-state index contributed by atoms with van der Waals surface area (Å²) in [5.41, 5.74) is 8.60. The fraction of sp³-hybridized carbons (Fsp3) is 0.378. The molecule has 0 fully saturated rings. The molecule has 0 unspecified atom stereocenters. The van der Waals surface area contributed by atoms with Crippen LogP contribution in [0.5, 0.6) is 11.5 Å². The van der Waals surface area contributed by atoms with E-state index in [1.54, 1.807) is 49.5 Å². The van der Waals surface area contributed by atoms with Crippen LogP contribution in [0.1, 0.15) is 56.0 Å². The number of anilines is 4. The molecule has 0 saturated heterocycles. The lowest BCUT2D eigenvalue weighted by molar-refractivity contribution is -0.142. The van der Waals surface area contributed by atoms with E-state index < -0.39 is 5.97 Å². The van der Waals surface area contributed by atoms with Gasteiger partial charge >= 0.3 is 5.97 Å². The van der Waals surface area contributed by atoms with Gasteiger partial charge in [0.05, 0.1) is 55.4 Å². The molecule has 0 spiro atoms. The average molecular weight is 873 g/mol. The number of carboxylic acids is 1. The van der Waals surface area contributed by atoms with Gasteiger partial charge < -0.3 is 35.0 Å². The number of ether oxygens (including phenoxy) is 2. The molecule has 62 heavy (non-hydrogen) atoms. The number of nitrogens with one attached hydrogen (secondary N) is 2. The normalized spacial score (nSPS) is 16.9. The molecular formula is C45H48N10O5S2. The van der Waals surface area contributed by atoms with Crippen LogP contribution in [0.4, 0.5) is 23.0 Å². The molecule has 3 N–H and O–H groups in total. The van der Waals surface area contributed by atoms with E-state index in [9.17, 15) is 14.7 Å². The van der Waals surface area contributed by atoms with Crippen molar-refractivity contribution in [3.63, 3.8) is 0 Å². The van der Waals surface area contributed by atoms with E-state index in [-0.39, 0.29) is 17.7 Å². The summed E-state index contributed by atoms with van der Waals surface area (Å²) in [7, 11) is 9.30. The Morgan fingerprint density at radius 1 is 0.726 bits per heavy atom. The number of likely N-dealkylation sites (N-methyl/N-ethyl adjacent to an activating group) is 2. The summed E-state index contributed by atoms with van der Waals surface area (Å²) in [4.78, 5) is 59.3. The molecule has 6 aromatic rings. The van der Waals surface area contributed by atoms with E-state index in [0.29, 0.717) is 25.9 Å². The van der Waals surface area contributed by atoms with Crippen LogP contribution in [0.15, 0.2) is 46.9 Å². The first kappa shape index (κ1) is 41.3. The Morgan fingerprint density at radius 2 is 1.23 bits per heavy atom. The van der Waals surface area contributed by atoms with E-state index >= 15 is 0 Å². The molecule has 2 atom stereocenters. The van der Waals surface area contributed by atoms with Gasteiger partial charge in [0.2, 0.25) is 5.91 Å². The van der Waals surface area contributed by atoms with Gasteiger partial charge in [0.15, 0.2) is 0 Å². The van der Waals surface area contributed by atoms with Crippen molar-refractivity contribution in [2.24, 2.45) is 21.8 Å². The second-order valence-corrected chi connectivity index (χ2v) is 18.5. The smallest absolute Gasteiger partial charge is 0.306 e. The lowest BCUT2D eigenvalue weighted by Gasteiger charge is -2.27. The minimum atomic E-state index is -0.725. The number of rotatable bonds is 11. The summed E-state index contributed by atoms with van der Waals surface area (Å²) >= 11 is 3.25. The number of nitrogens with zero attached hydrogens (tertiary/aromatic N) is 8. The molecule has 2 aromatic carbocycles. The minimum absolute atomic E-state index is 0.0215. The highest BCUT2D eigenvalue weighted by Crippen LogP contribution is 2.44. The SMILES string of the molecule is COc1cc2c(cc1Nc1ncnc3sc4c(c13)CC[C@H](C(=O)N(C)CCN(C)C)C4)C=NC2.COc1cc2c(cc1Nc1ncnc3sc4c(c13)CC[C@H](C(=O)O)C4)C=NC2. The van der Waals surface area contributed by atoms with Gasteiger partial charge in [0.1, 0.15) is 45.5 Å². The minimum Gasteiger partial charge on any atom is -0.495 e. The van der Waals surface area contributed by atoms with Crippen molar-refractivity contribution in [1.29, 1.82) is 0 Å². The molecule has 2 aliphatic heterocycles. The molecule has 2 aliphatic carbocycles. The van der Waals surface area contributed by atoms with Gasteiger partial charge in [-0.3, -0.25) is 19.6 Å². The predicted octanol–water partition coefficient (Wildman–Crippen LogP) is 7.07. The van der Waals surface area contributed by atoms with Crippen molar-refractivity contribution in [3.05, 3.63) is 80.1 Å². The number of aromatic nitrogens is 4. The summed E-state index contributed by atoms with van der Waals surface area (Å²) in [6.07, 6.45) is 11.3. The third kappa shape index (κ3) is 8.07. The van der Waals surface area contributed by atoms with E-state index in [1.807, 2.05) is 56.7 Å². The molecule has 0 radical (unpaired) electrons. The number of carboxylic acid groups (broad SMARTS) is 1. The second kappa shape index (κ2) is 17.4. The van der Waals surface area contributed by atoms with Gasteiger partial charge in [-0.25, -0.2) is 19.9 Å². The zero-order chi connectivity index (χ0) is 43.1. The summed E-state index contributed by atoms with van der Waals surface area (Å²) in [6, 6.07) is 8.13. The Morgan fingerprint density at radius 3 is 1.71 bits per heavy atom. The van der Waals surface area contributed by atoms with Crippen molar-refractivity contribution in [2.45, 2.75) is 51.6 Å². The van der Waals surface area contributed by atoms with Gasteiger partial charge in [0, 0.05) is 48.2 Å². The molecule has 1 amide bonds. The first-order valence-electron chi connectivity index (χ1n) is 20.7. The lowest BCUT2D eigenvalue weighted by atomic mass is 9.87. The number of aliphatic carboxylic acids is 1. The molecule has 0 bridgehead atoms. The fourth-order valence-electron chi connectivity index (χ4n) is 8.67. The van der Waals surface area contributed by atoms with Crippen LogP contribution in [0.2, 0.25) is 0 Å². The zero-order valence-electron chi connectivity index (χ0n) is 35.3. The molecular weight excluding hydrogens is 825 g/mol. The van der Waals surface area contributed by atoms with Crippen LogP contribution in [0, 0.1) is 11.8 Å². The van der Waals surface area contributed by atoms with Crippen LogP contribution >= 0.6 is 22.7 Å². The topological polar surface area (TPSA) is 180 Å². The maximum absolute atomic E-state index is 13.1. The third-order valence-corrected chi connectivity index (χ3v) is 14.4. The van der Waals surface area contributed by atoms with Crippen LogP contribution < -0.4 is 20.1 Å². The van der Waals surface area contributed by atoms with E-state index in [0.717, 1.165) is 121 Å². The number of carbonyl (C=O) groups excluding carboxylic acids is 1. The number of fused-ring (bicyclic) bond motifs is 8. The highest BCUT2D eigenvalue weighted by molar-refractivity contribution is 7.19. The second-order valence-electron chi connectivity index (χ2n) is 16.3. The van der Waals surface area contributed by atoms with Crippen LogP contribution in [0.25, 0.3) is 20.4 Å². The van der Waals surface area contributed by atoms with Gasteiger partial charge in [-0.2, -0.15) is 0 Å². The highest BCUT2D eigenvalue weighted by Gasteiger charge is 2.32. The number of benzene rings is 2. The number of hydrogen-bond acceptors (Lipinski definition) is 15. The highest BCUT2D eigenvalue weighted by atomic mass is 32.1. The molecule has 15 nitrogen and oxygen atoms in total. The molecule has 320 valence electrons. The van der Waals surface area contributed by atoms with E-state index in [2.05, 4.69) is 51.5 Å². The van der Waals surface area contributed by atoms with Crippen molar-refractivity contribution < 1.29 is 24.2 Å². The summed E-state index contributed by atoms with van der Waals surface area (Å²) < 4.78 is 11.2. The van der Waals surface area contributed by atoms with Crippen molar-refractivity contribution >= 4 is 90.4 Å². The first-order chi connectivity index (χ1) is 30.1. The Balaban J connectivity index is 0.000000161. The number of amides is 1. The monoisotopic (exact) mass is 872 g/mol. The average Bonchev–Trinajstić information content (AvgIpc) is 4.09. The molecule has 6 heterocycles. The predicted molar refractivity (Wildman–Crippen MR) is 245 cm³/mol. The summed E-state index contributed by atoms with van der Waals surface area (Å²) in [6.45, 7) is 2.97. The summed E-state index contributed by atoms with van der Waals surface area (Å²) in [5, 5.41) is 18.3. The Hall–Kier alpha value is -6.04. The number of hydrogen-bond donors (Lipinski definition) is 3. The van der Waals surface area contributed by atoms with Gasteiger partial charge in [-0.15, -0.1) is 22.7 Å². The van der Waals surface area contributed by atoms with E-state index in [4.69, 9.17) is 9.47 Å². The Labute approximate surface area is 367 Å². The number of methoxy groups -OCH3 is 2. The first-order valence-corrected chi connectivity index (χ1v) is 22.3. The van der Waals surface area contributed by atoms with Crippen molar-refractivity contribution in [3.8, 4) is 11.5 Å². The lowest BCUT2D eigenvalue weighted by Crippen LogP contribution is -2.39. The molecule has 4 aromatic heterocycles. The van der Waals surface area contributed by atoms with Crippen LogP contribution in [0.3, 0.4) is 0 Å². The van der Waals surface area contributed by atoms with Gasteiger partial charge in [0.25, 0.3) is 0 Å². The quantitative estimate of drug-likeness (QED) is 0.121. The maximum atomic E-state index is 13.1. The van der Waals surface area contributed by atoms with E-state index in [1.165, 1.54) is 16.0 Å². The molecule has 10 rings (SSSR count). The van der Waals surface area contributed by atoms with Crippen molar-refractivity contribution in [1.82, 2.24) is 29.7 Å². The van der Waals surface area contributed by atoms with Gasteiger partial charge in [-0.1, -0.05) is 0 Å². The third-order valence-electron chi connectivity index (χ3n) is 12.1. The van der Waals surface area contributed by atoms with Crippen molar-refractivity contribution in [2.75, 3.05) is 59.1 Å². The maximum Gasteiger partial charge on any atom is 0.306 e. The fourth-order valence-corrected chi connectivity index (χ4v) is 11.2. The van der Waals surface area contributed by atoms with Gasteiger partial charge in [-0.05, 0) is 110 Å². The standard InChI is InChI=1S/C25H30N6O2S.C20H18N4O3S/c1-30(2)7-8-31(3)25(32)15-5-6-18-21(11-15)34-24-22(18)23(27-14-28-24)29-19-9-16-12-26-13-17(16)10-20(19)33-4;1-27-15-5-12-8-21-7-11(12)4-14(15)24-18-17-13-3-2-10(20(25)26)6-16(13)28-19(17)23-9-22-18/h9-10,12,14-15H,5-8,11,13H2,1-4H3,(H,27,28,29);4-5,7,9-10H,2-3,6,8H2,1H3,(H,25,26)(H,22,23,24)/t15-;10-/m00/s1. The Kier molecular flexibility index (Phi) is 11.6. The summed E-state index contributed by atoms with van der Waals surface area (Å²) in [5.74, 6) is 2.23. The largest absolute Gasteiger partial charge is 0.495 e. The van der Waals surface area contributed by atoms with Crippen LogP contribution in [-0.2, 0) is 48.4 Å². The number of carbonyl (C=O) groups is 2. The van der Waals surface area contributed by atoms with Crippen LogP contribution in [-0.4, -0.2) is 108 Å². The Bertz CT molecular complexity index is 2780. The number of thiophene rings is 2. The number of aliphatic imine (C=N–C) groups is 2. The molecule has 17 heteroatoms.